The molecule has 1 unspecified atom stereocenters. The molecule has 154 valence electrons. The summed E-state index contributed by atoms with van der Waals surface area (Å²) >= 11 is 0. The number of nitro groups is 1. The lowest BCUT2D eigenvalue weighted by atomic mass is 9.91. The predicted octanol–water partition coefficient (Wildman–Crippen LogP) is 4.15. The fourth-order valence-electron chi connectivity index (χ4n) is 3.85. The number of benzene rings is 1. The van der Waals surface area contributed by atoms with E-state index < -0.39 is 16.8 Å². The van der Waals surface area contributed by atoms with Gasteiger partial charge in [0, 0.05) is 36.9 Å². The van der Waals surface area contributed by atoms with Crippen LogP contribution in [0.25, 0.3) is 16.5 Å². The second-order valence-corrected chi connectivity index (χ2v) is 7.35. The summed E-state index contributed by atoms with van der Waals surface area (Å²) in [5, 5.41) is 20.5. The first-order valence-electron chi connectivity index (χ1n) is 9.39. The summed E-state index contributed by atoms with van der Waals surface area (Å²) in [6, 6.07) is 7.69. The van der Waals surface area contributed by atoms with Gasteiger partial charge in [0.2, 0.25) is 0 Å². The number of fused-ring (bicyclic) bond motifs is 1. The first-order chi connectivity index (χ1) is 14.3. The van der Waals surface area contributed by atoms with Crippen LogP contribution in [0.2, 0.25) is 0 Å². The number of pyridine rings is 1. The van der Waals surface area contributed by atoms with Crippen LogP contribution in [-0.2, 0) is 6.54 Å². The van der Waals surface area contributed by atoms with Crippen molar-refractivity contribution >= 4 is 28.3 Å². The van der Waals surface area contributed by atoms with E-state index in [0.29, 0.717) is 36.2 Å². The standard InChI is InChI=1S/C21H19FN4O4/c1-13-11-25(21(27)28)7-5-18(13)15-2-3-16(23-10-15)12-24-6-4-14-8-17(26(29)30)9-19(22)20(14)24/h2-6,8-10,13H,7,11-12H2,1H3,(H,27,28). The van der Waals surface area contributed by atoms with Gasteiger partial charge in [-0.15, -0.1) is 0 Å². The van der Waals surface area contributed by atoms with Gasteiger partial charge in [-0.25, -0.2) is 9.18 Å². The van der Waals surface area contributed by atoms with Crippen LogP contribution in [0.3, 0.4) is 0 Å². The third-order valence-electron chi connectivity index (χ3n) is 5.33. The highest BCUT2D eigenvalue weighted by atomic mass is 19.1. The lowest BCUT2D eigenvalue weighted by molar-refractivity contribution is -0.384. The van der Waals surface area contributed by atoms with Gasteiger partial charge in [0.1, 0.15) is 0 Å². The molecule has 0 radical (unpaired) electrons. The zero-order valence-electron chi connectivity index (χ0n) is 16.2. The maximum Gasteiger partial charge on any atom is 0.407 e. The number of nitrogens with zero attached hydrogens (tertiary/aromatic N) is 4. The molecule has 1 aliphatic rings. The fraction of sp³-hybridized carbons (Fsp3) is 0.238. The number of aromatic nitrogens is 2. The Morgan fingerprint density at radius 3 is 2.80 bits per heavy atom. The molecule has 1 aliphatic heterocycles. The Balaban J connectivity index is 1.56. The van der Waals surface area contributed by atoms with Crippen molar-refractivity contribution < 1.29 is 19.2 Å². The Morgan fingerprint density at radius 1 is 1.37 bits per heavy atom. The molecule has 9 heteroatoms. The van der Waals surface area contributed by atoms with Crippen molar-refractivity contribution in [3.05, 3.63) is 76.0 Å². The number of carboxylic acid groups (broad SMARTS) is 1. The molecule has 0 saturated heterocycles. The summed E-state index contributed by atoms with van der Waals surface area (Å²) in [6.45, 7) is 3.07. The maximum atomic E-state index is 14.4. The molecule has 3 heterocycles. The van der Waals surface area contributed by atoms with E-state index in [-0.39, 0.29) is 11.6 Å². The number of hydrogen-bond acceptors (Lipinski definition) is 4. The van der Waals surface area contributed by atoms with Crippen LogP contribution in [-0.4, -0.2) is 43.7 Å². The number of hydrogen-bond donors (Lipinski definition) is 1. The van der Waals surface area contributed by atoms with Gasteiger partial charge in [-0.2, -0.15) is 0 Å². The summed E-state index contributed by atoms with van der Waals surface area (Å²) in [5.41, 5.74) is 2.71. The molecule has 0 fully saturated rings. The first-order valence-corrected chi connectivity index (χ1v) is 9.39. The lowest BCUT2D eigenvalue weighted by Crippen LogP contribution is -2.37. The third kappa shape index (κ3) is 3.61. The van der Waals surface area contributed by atoms with Crippen LogP contribution in [0.15, 0.2) is 48.8 Å². The van der Waals surface area contributed by atoms with Crippen molar-refractivity contribution in [1.82, 2.24) is 14.5 Å². The number of rotatable bonds is 4. The van der Waals surface area contributed by atoms with E-state index in [0.717, 1.165) is 17.2 Å². The second-order valence-electron chi connectivity index (χ2n) is 7.35. The second kappa shape index (κ2) is 7.58. The van der Waals surface area contributed by atoms with Gasteiger partial charge in [-0.1, -0.05) is 19.1 Å². The van der Waals surface area contributed by atoms with E-state index in [2.05, 4.69) is 4.98 Å². The maximum absolute atomic E-state index is 14.4. The van der Waals surface area contributed by atoms with Crippen LogP contribution in [0, 0.1) is 21.8 Å². The Morgan fingerprint density at radius 2 is 2.17 bits per heavy atom. The Hall–Kier alpha value is -3.75. The van der Waals surface area contributed by atoms with Crippen molar-refractivity contribution in [3.63, 3.8) is 0 Å². The molecule has 4 rings (SSSR count). The predicted molar refractivity (Wildman–Crippen MR) is 109 cm³/mol. The van der Waals surface area contributed by atoms with Crippen molar-refractivity contribution in [2.24, 2.45) is 5.92 Å². The number of nitro benzene ring substituents is 1. The largest absolute Gasteiger partial charge is 0.465 e. The number of non-ortho nitro benzene ring substituents is 1. The number of carbonyl (C=O) groups is 1. The molecule has 1 aromatic carbocycles. The monoisotopic (exact) mass is 410 g/mol. The normalized spacial score (nSPS) is 16.5. The van der Waals surface area contributed by atoms with Crippen molar-refractivity contribution in [3.8, 4) is 0 Å². The van der Waals surface area contributed by atoms with Gasteiger partial charge in [-0.05, 0) is 29.2 Å². The van der Waals surface area contributed by atoms with Gasteiger partial charge in [0.15, 0.2) is 5.82 Å². The molecule has 0 aliphatic carbocycles. The molecule has 1 N–H and O–H groups in total. The molecule has 1 atom stereocenters. The molecule has 3 aromatic rings. The van der Waals surface area contributed by atoms with Gasteiger partial charge < -0.3 is 14.6 Å². The topological polar surface area (TPSA) is 102 Å². The van der Waals surface area contributed by atoms with Crippen LogP contribution in [0.5, 0.6) is 0 Å². The minimum Gasteiger partial charge on any atom is -0.465 e. The number of amides is 1. The smallest absolute Gasteiger partial charge is 0.407 e. The quantitative estimate of drug-likeness (QED) is 0.514. The number of halogens is 1. The van der Waals surface area contributed by atoms with Crippen LogP contribution in [0.1, 0.15) is 18.2 Å². The molecule has 0 saturated carbocycles. The van der Waals surface area contributed by atoms with E-state index in [1.54, 1.807) is 23.0 Å². The highest BCUT2D eigenvalue weighted by Gasteiger charge is 2.23. The summed E-state index contributed by atoms with van der Waals surface area (Å²) in [7, 11) is 0. The molecule has 30 heavy (non-hydrogen) atoms. The van der Waals surface area contributed by atoms with Gasteiger partial charge >= 0.3 is 6.09 Å². The minimum atomic E-state index is -0.929. The molecule has 2 aromatic heterocycles. The van der Waals surface area contributed by atoms with Crippen LogP contribution in [0.4, 0.5) is 14.9 Å². The summed E-state index contributed by atoms with van der Waals surface area (Å²) in [6.07, 6.45) is 4.39. The molecular formula is C21H19FN4O4. The van der Waals surface area contributed by atoms with Crippen LogP contribution < -0.4 is 0 Å². The Kier molecular flexibility index (Phi) is 4.94. The zero-order valence-corrected chi connectivity index (χ0v) is 16.2. The Bertz CT molecular complexity index is 1170. The summed E-state index contributed by atoms with van der Waals surface area (Å²) in [4.78, 5) is 27.3. The van der Waals surface area contributed by atoms with Gasteiger partial charge in [0.25, 0.3) is 5.69 Å². The molecule has 8 nitrogen and oxygen atoms in total. The molecule has 1 amide bonds. The molecule has 0 spiro atoms. The lowest BCUT2D eigenvalue weighted by Gasteiger charge is -2.29. The van der Waals surface area contributed by atoms with E-state index >= 15 is 0 Å². The minimum absolute atomic E-state index is 0.0563. The van der Waals surface area contributed by atoms with Crippen molar-refractivity contribution in [2.75, 3.05) is 13.1 Å². The van der Waals surface area contributed by atoms with E-state index in [9.17, 15) is 19.3 Å². The highest BCUT2D eigenvalue weighted by Crippen LogP contribution is 2.28. The third-order valence-corrected chi connectivity index (χ3v) is 5.33. The molecule has 0 bridgehead atoms. The zero-order chi connectivity index (χ0) is 21.4. The highest BCUT2D eigenvalue weighted by molar-refractivity contribution is 5.83. The summed E-state index contributed by atoms with van der Waals surface area (Å²) < 4.78 is 16.1. The molecular weight excluding hydrogens is 391 g/mol. The average molecular weight is 410 g/mol. The SMILES string of the molecule is CC1CN(C(=O)O)CC=C1c1ccc(Cn2ccc3cc([N+](=O)[O-])cc(F)c32)nc1. The van der Waals surface area contributed by atoms with Gasteiger partial charge in [0.05, 0.1) is 28.7 Å². The van der Waals surface area contributed by atoms with Crippen molar-refractivity contribution in [2.45, 2.75) is 13.5 Å². The Labute approximate surface area is 171 Å². The van der Waals surface area contributed by atoms with Gasteiger partial charge in [-0.3, -0.25) is 15.1 Å². The average Bonchev–Trinajstić information content (AvgIpc) is 3.12. The van der Waals surface area contributed by atoms with E-state index in [4.69, 9.17) is 5.11 Å². The van der Waals surface area contributed by atoms with Crippen LogP contribution >= 0.6 is 0 Å². The van der Waals surface area contributed by atoms with E-state index in [1.807, 2.05) is 25.1 Å². The summed E-state index contributed by atoms with van der Waals surface area (Å²) in [5.74, 6) is -0.592. The first kappa shape index (κ1) is 19.6. The van der Waals surface area contributed by atoms with E-state index in [1.165, 1.54) is 11.0 Å². The fourth-order valence-corrected chi connectivity index (χ4v) is 3.85. The van der Waals surface area contributed by atoms with Crippen molar-refractivity contribution in [1.29, 1.82) is 0 Å².